The molecule has 0 aliphatic carbocycles. The van der Waals surface area contributed by atoms with Gasteiger partial charge in [0.1, 0.15) is 10.0 Å². The van der Waals surface area contributed by atoms with E-state index in [-0.39, 0.29) is 28.7 Å². The summed E-state index contributed by atoms with van der Waals surface area (Å²) < 4.78 is 12.0. The van der Waals surface area contributed by atoms with Crippen molar-refractivity contribution in [1.29, 1.82) is 0 Å². The number of pyridine rings is 2. The highest BCUT2D eigenvalue weighted by Crippen LogP contribution is 2.29. The number of nitrogens with zero attached hydrogens (tertiary/aromatic N) is 6. The second-order valence-corrected chi connectivity index (χ2v) is 9.10. The van der Waals surface area contributed by atoms with Gasteiger partial charge >= 0.3 is 6.03 Å². The average Bonchev–Trinajstić information content (AvgIpc) is 3.48. The van der Waals surface area contributed by atoms with Gasteiger partial charge in [-0.05, 0) is 39.8 Å². The number of aromatic nitrogens is 6. The van der Waals surface area contributed by atoms with Crippen LogP contribution in [0.3, 0.4) is 0 Å². The molecule has 0 bridgehead atoms. The third-order valence-electron chi connectivity index (χ3n) is 4.24. The number of nitrogens with one attached hydrogen (secondary N) is 2. The van der Waals surface area contributed by atoms with Crippen LogP contribution in [0.1, 0.15) is 25.2 Å². The molecule has 0 aliphatic heterocycles. The van der Waals surface area contributed by atoms with Crippen molar-refractivity contribution in [3.8, 4) is 23.5 Å². The first-order valence-corrected chi connectivity index (χ1v) is 13.0. The van der Waals surface area contributed by atoms with Gasteiger partial charge in [0, 0.05) is 43.3 Å². The largest absolute Gasteiger partial charge is 0.417 e. The summed E-state index contributed by atoms with van der Waals surface area (Å²) in [6.07, 6.45) is 4.27. The fraction of sp³-hybridized carbons (Fsp3) is 0.250. The lowest BCUT2D eigenvalue weighted by molar-refractivity contribution is 0.239. The van der Waals surface area contributed by atoms with Crippen LogP contribution in [0, 0.1) is 13.8 Å². The van der Waals surface area contributed by atoms with Crippen molar-refractivity contribution in [2.24, 2.45) is 4.99 Å². The van der Waals surface area contributed by atoms with Gasteiger partial charge in [-0.25, -0.2) is 24.5 Å². The quantitative estimate of drug-likeness (QED) is 0.174. The first-order chi connectivity index (χ1) is 19.1. The maximum absolute atomic E-state index is 11.7. The molecule has 0 saturated carbocycles. The maximum atomic E-state index is 11.7. The summed E-state index contributed by atoms with van der Waals surface area (Å²) in [4.78, 5) is 31.9. The van der Waals surface area contributed by atoms with E-state index < -0.39 is 0 Å². The van der Waals surface area contributed by atoms with Crippen LogP contribution >= 0.6 is 46.4 Å². The summed E-state index contributed by atoms with van der Waals surface area (Å²) >= 11 is 23.3. The molecule has 0 saturated heterocycles. The lowest BCUT2D eigenvalue weighted by Crippen LogP contribution is -2.29. The molecule has 0 fully saturated rings. The van der Waals surface area contributed by atoms with Crippen LogP contribution in [0.25, 0.3) is 0 Å². The number of aromatic amines is 1. The van der Waals surface area contributed by atoms with Gasteiger partial charge in [0.2, 0.25) is 29.6 Å². The number of aryl methyl sites for hydroxylation is 2. The molecule has 0 unspecified atom stereocenters. The van der Waals surface area contributed by atoms with Crippen LogP contribution in [0.2, 0.25) is 20.1 Å². The third-order valence-corrected chi connectivity index (χ3v) is 5.20. The number of hydrogen-bond acceptors (Lipinski definition) is 9. The number of H-pyrrole nitrogens is 1. The van der Waals surface area contributed by atoms with E-state index in [4.69, 9.17) is 60.7 Å². The van der Waals surface area contributed by atoms with Gasteiger partial charge in [-0.3, -0.25) is 5.10 Å². The summed E-state index contributed by atoms with van der Waals surface area (Å²) in [7, 11) is 0. The highest BCUT2D eigenvalue weighted by atomic mass is 35.5. The number of carbonyl (C=O) groups excluding carboxylic acids is 2. The summed E-state index contributed by atoms with van der Waals surface area (Å²) in [5.74, 6) is 1.11. The highest BCUT2D eigenvalue weighted by molar-refractivity contribution is 6.35. The van der Waals surface area contributed by atoms with E-state index in [1.54, 1.807) is 32.0 Å². The van der Waals surface area contributed by atoms with E-state index in [2.05, 4.69) is 35.6 Å². The van der Waals surface area contributed by atoms with Gasteiger partial charge in [0.15, 0.2) is 0 Å². The van der Waals surface area contributed by atoms with Crippen LogP contribution in [-0.4, -0.2) is 55.1 Å². The fourth-order valence-electron chi connectivity index (χ4n) is 2.59. The second kappa shape index (κ2) is 16.4. The lowest BCUT2D eigenvalue weighted by Gasteiger charge is -2.04. The van der Waals surface area contributed by atoms with Crippen LogP contribution in [-0.2, 0) is 4.79 Å². The van der Waals surface area contributed by atoms with E-state index in [1.807, 2.05) is 13.8 Å². The standard InChI is InChI=1S/C12H12Cl2N4O2.C9H7Cl2N3O.C3H5NO/c1-3-15-12(19)18-7(2)4-10(17-18)20-11-9(14)5-8(13)6-16-11;1-5-2-8(14-13-5)15-9-7(11)3-6(10)4-12-9;1-2-4-3-5/h4-6H,3H2,1-2H3,(H,15,19);2-4H,1H3,(H,13,14);2H2,1H3. The fourth-order valence-corrected chi connectivity index (χ4v) is 3.43. The van der Waals surface area contributed by atoms with Gasteiger partial charge < -0.3 is 14.8 Å². The Balaban J connectivity index is 0.000000247. The van der Waals surface area contributed by atoms with Crippen molar-refractivity contribution >= 4 is 58.5 Å². The third kappa shape index (κ3) is 10.5. The molecule has 4 rings (SSSR count). The number of halogens is 4. The first-order valence-electron chi connectivity index (χ1n) is 11.5. The van der Waals surface area contributed by atoms with Gasteiger partial charge in [-0.2, -0.15) is 4.68 Å². The van der Waals surface area contributed by atoms with Gasteiger partial charge in [-0.15, -0.1) is 10.2 Å². The molecule has 0 atom stereocenters. The number of rotatable bonds is 6. The number of amides is 1. The number of ether oxygens (including phenoxy) is 2. The Labute approximate surface area is 249 Å². The highest BCUT2D eigenvalue weighted by Gasteiger charge is 2.14. The summed E-state index contributed by atoms with van der Waals surface area (Å²) in [5.41, 5.74) is 1.53. The predicted molar refractivity (Wildman–Crippen MR) is 152 cm³/mol. The van der Waals surface area contributed by atoms with Crippen LogP contribution in [0.5, 0.6) is 23.5 Å². The van der Waals surface area contributed by atoms with E-state index in [0.717, 1.165) is 5.69 Å². The molecule has 0 aliphatic rings. The van der Waals surface area contributed by atoms with Crippen molar-refractivity contribution < 1.29 is 19.1 Å². The van der Waals surface area contributed by atoms with Gasteiger partial charge in [0.05, 0.1) is 15.7 Å². The molecule has 212 valence electrons. The van der Waals surface area contributed by atoms with Crippen molar-refractivity contribution in [2.75, 3.05) is 13.1 Å². The first kappa shape index (κ1) is 32.5. The molecule has 2 N–H and O–H groups in total. The number of isocyanates is 1. The molecule has 12 nitrogen and oxygen atoms in total. The Bertz CT molecular complexity index is 1470. The average molecular weight is 630 g/mol. The molecule has 0 radical (unpaired) electrons. The lowest BCUT2D eigenvalue weighted by atomic mass is 10.4. The van der Waals surface area contributed by atoms with Crippen molar-refractivity contribution in [3.05, 3.63) is 68.1 Å². The molecule has 1 amide bonds. The Morgan fingerprint density at radius 3 is 1.98 bits per heavy atom. The van der Waals surface area contributed by atoms with Crippen LogP contribution in [0.4, 0.5) is 4.79 Å². The molecule has 0 aromatic carbocycles. The molecular formula is C24H24Cl4N8O4. The molecule has 4 heterocycles. The zero-order chi connectivity index (χ0) is 29.7. The van der Waals surface area contributed by atoms with E-state index in [1.165, 1.54) is 29.2 Å². The summed E-state index contributed by atoms with van der Waals surface area (Å²) in [6.45, 7) is 8.28. The zero-order valence-electron chi connectivity index (χ0n) is 21.7. The van der Waals surface area contributed by atoms with Gasteiger partial charge in [-0.1, -0.05) is 46.4 Å². The Hall–Kier alpha value is -3.67. The minimum atomic E-state index is -0.324. The molecule has 16 heteroatoms. The Morgan fingerprint density at radius 2 is 1.55 bits per heavy atom. The zero-order valence-corrected chi connectivity index (χ0v) is 24.7. The monoisotopic (exact) mass is 628 g/mol. The number of aliphatic imine (C=N–C) groups is 1. The Morgan fingerprint density at radius 1 is 0.975 bits per heavy atom. The topological polar surface area (TPSA) is 149 Å². The van der Waals surface area contributed by atoms with E-state index in [9.17, 15) is 4.79 Å². The number of carbonyl (C=O) groups is 1. The second-order valence-electron chi connectivity index (χ2n) is 7.41. The normalized spacial score (nSPS) is 9.80. The minimum absolute atomic E-state index is 0.177. The van der Waals surface area contributed by atoms with E-state index >= 15 is 0 Å². The van der Waals surface area contributed by atoms with E-state index in [0.29, 0.717) is 39.7 Å². The molecule has 0 spiro atoms. The van der Waals surface area contributed by atoms with Crippen molar-refractivity contribution in [1.82, 2.24) is 35.3 Å². The predicted octanol–water partition coefficient (Wildman–Crippen LogP) is 6.82. The van der Waals surface area contributed by atoms with Crippen molar-refractivity contribution in [3.63, 3.8) is 0 Å². The molecule has 4 aromatic rings. The van der Waals surface area contributed by atoms with Crippen LogP contribution < -0.4 is 14.8 Å². The smallest absolute Gasteiger partial charge is 0.342 e. The summed E-state index contributed by atoms with van der Waals surface area (Å²) in [5, 5.41) is 14.8. The van der Waals surface area contributed by atoms with Gasteiger partial charge in [0.25, 0.3) is 0 Å². The van der Waals surface area contributed by atoms with Crippen LogP contribution in [0.15, 0.2) is 41.7 Å². The SMILES string of the molecule is CCN=C=O.CCNC(=O)n1nc(Oc2ncc(Cl)cc2Cl)cc1C.Cc1cc(Oc2ncc(Cl)cc2Cl)n[nH]1. The number of hydrogen-bond donors (Lipinski definition) is 2. The minimum Gasteiger partial charge on any atom is -0.417 e. The van der Waals surface area contributed by atoms with Crippen molar-refractivity contribution in [2.45, 2.75) is 27.7 Å². The molecule has 4 aromatic heterocycles. The Kier molecular flexibility index (Phi) is 13.4. The maximum Gasteiger partial charge on any atom is 0.342 e. The summed E-state index contributed by atoms with van der Waals surface area (Å²) in [6, 6.07) is 6.11. The molecular weight excluding hydrogens is 606 g/mol. The molecule has 40 heavy (non-hydrogen) atoms.